The van der Waals surface area contributed by atoms with Gasteiger partial charge in [-0.1, -0.05) is 31.2 Å². The van der Waals surface area contributed by atoms with Crippen molar-refractivity contribution in [3.63, 3.8) is 0 Å². The van der Waals surface area contributed by atoms with Crippen molar-refractivity contribution in [2.75, 3.05) is 7.05 Å². The first kappa shape index (κ1) is 16.1. The second-order valence-electron chi connectivity index (χ2n) is 5.49. The molecule has 1 aromatic heterocycles. The predicted octanol–water partition coefficient (Wildman–Crippen LogP) is 3.41. The fraction of sp³-hybridized carbons (Fsp3) is 0.389. The highest BCUT2D eigenvalue weighted by atomic mass is 16.2. The van der Waals surface area contributed by atoms with Gasteiger partial charge < -0.3 is 14.8 Å². The molecule has 1 heterocycles. The minimum atomic E-state index is -0.0462. The highest BCUT2D eigenvalue weighted by Gasteiger charge is 2.10. The van der Waals surface area contributed by atoms with E-state index in [1.807, 2.05) is 25.4 Å². The largest absolute Gasteiger partial charge is 0.354 e. The van der Waals surface area contributed by atoms with Crippen LogP contribution in [0.1, 0.15) is 30.5 Å². The highest BCUT2D eigenvalue weighted by molar-refractivity contribution is 5.73. The van der Waals surface area contributed by atoms with E-state index in [2.05, 4.69) is 48.1 Å². The van der Waals surface area contributed by atoms with E-state index in [4.69, 9.17) is 0 Å². The minimum absolute atomic E-state index is 0.0462. The first-order chi connectivity index (χ1) is 10.6. The molecule has 0 aliphatic carbocycles. The number of carbonyl (C=O) groups is 1. The molecule has 0 atom stereocenters. The number of amides is 2. The SMILES string of the molecule is CCc1ccccc1CNC(=O)N(C)Cc1ccn(CC)c1. The Bertz CT molecular complexity index is 618. The molecular weight excluding hydrogens is 274 g/mol. The summed E-state index contributed by atoms with van der Waals surface area (Å²) in [5.41, 5.74) is 3.61. The molecule has 0 aliphatic rings. The molecule has 0 fully saturated rings. The number of urea groups is 1. The van der Waals surface area contributed by atoms with Crippen molar-refractivity contribution in [2.24, 2.45) is 0 Å². The zero-order valence-corrected chi connectivity index (χ0v) is 13.7. The topological polar surface area (TPSA) is 37.3 Å². The van der Waals surface area contributed by atoms with Crippen LogP contribution in [0, 0.1) is 0 Å². The number of aryl methyl sites for hydroxylation is 2. The van der Waals surface area contributed by atoms with Crippen LogP contribution < -0.4 is 5.32 Å². The van der Waals surface area contributed by atoms with Gasteiger partial charge in [-0.05, 0) is 36.1 Å². The smallest absolute Gasteiger partial charge is 0.317 e. The number of carbonyl (C=O) groups excluding carboxylic acids is 1. The minimum Gasteiger partial charge on any atom is -0.354 e. The van der Waals surface area contributed by atoms with Crippen molar-refractivity contribution in [1.82, 2.24) is 14.8 Å². The summed E-state index contributed by atoms with van der Waals surface area (Å²) < 4.78 is 2.11. The third kappa shape index (κ3) is 4.13. The summed E-state index contributed by atoms with van der Waals surface area (Å²) in [6, 6.07) is 10.2. The van der Waals surface area contributed by atoms with Crippen molar-refractivity contribution in [3.05, 3.63) is 59.4 Å². The Morgan fingerprint density at radius 1 is 1.18 bits per heavy atom. The van der Waals surface area contributed by atoms with Crippen LogP contribution in [0.15, 0.2) is 42.7 Å². The number of benzene rings is 1. The van der Waals surface area contributed by atoms with Gasteiger partial charge >= 0.3 is 6.03 Å². The van der Waals surface area contributed by atoms with Crippen molar-refractivity contribution < 1.29 is 4.79 Å². The summed E-state index contributed by atoms with van der Waals surface area (Å²) in [6.07, 6.45) is 5.10. The Labute approximate surface area is 132 Å². The van der Waals surface area contributed by atoms with E-state index < -0.39 is 0 Å². The summed E-state index contributed by atoms with van der Waals surface area (Å²) in [5.74, 6) is 0. The summed E-state index contributed by atoms with van der Waals surface area (Å²) in [5, 5.41) is 2.99. The molecule has 0 unspecified atom stereocenters. The van der Waals surface area contributed by atoms with Gasteiger partial charge in [0.25, 0.3) is 0 Å². The second kappa shape index (κ2) is 7.69. The molecule has 1 N–H and O–H groups in total. The third-order valence-corrected chi connectivity index (χ3v) is 3.87. The van der Waals surface area contributed by atoms with Crippen LogP contribution in [0.5, 0.6) is 0 Å². The van der Waals surface area contributed by atoms with Crippen molar-refractivity contribution >= 4 is 6.03 Å². The van der Waals surface area contributed by atoms with Crippen LogP contribution in [-0.4, -0.2) is 22.5 Å². The summed E-state index contributed by atoms with van der Waals surface area (Å²) >= 11 is 0. The molecule has 0 aliphatic heterocycles. The van der Waals surface area contributed by atoms with Gasteiger partial charge in [0.05, 0.1) is 0 Å². The zero-order valence-electron chi connectivity index (χ0n) is 13.7. The predicted molar refractivity (Wildman–Crippen MR) is 89.6 cm³/mol. The van der Waals surface area contributed by atoms with Gasteiger partial charge in [-0.2, -0.15) is 0 Å². The summed E-state index contributed by atoms with van der Waals surface area (Å²) in [6.45, 7) is 6.37. The van der Waals surface area contributed by atoms with Crippen LogP contribution >= 0.6 is 0 Å². The van der Waals surface area contributed by atoms with Gasteiger partial charge in [0.1, 0.15) is 0 Å². The lowest BCUT2D eigenvalue weighted by molar-refractivity contribution is 0.206. The quantitative estimate of drug-likeness (QED) is 0.872. The molecule has 2 amide bonds. The molecule has 2 rings (SSSR count). The molecule has 1 aromatic carbocycles. The van der Waals surface area contributed by atoms with Crippen molar-refractivity contribution in [3.8, 4) is 0 Å². The van der Waals surface area contributed by atoms with Crippen molar-refractivity contribution in [1.29, 1.82) is 0 Å². The first-order valence-corrected chi connectivity index (χ1v) is 7.84. The Morgan fingerprint density at radius 3 is 2.55 bits per heavy atom. The van der Waals surface area contributed by atoms with Crippen LogP contribution in [0.4, 0.5) is 4.79 Å². The molecule has 22 heavy (non-hydrogen) atoms. The van der Waals surface area contributed by atoms with E-state index in [0.717, 1.165) is 18.5 Å². The second-order valence-corrected chi connectivity index (χ2v) is 5.49. The lowest BCUT2D eigenvalue weighted by atomic mass is 10.1. The Morgan fingerprint density at radius 2 is 1.91 bits per heavy atom. The number of aromatic nitrogens is 1. The van der Waals surface area contributed by atoms with E-state index in [0.29, 0.717) is 13.1 Å². The number of rotatable bonds is 6. The maximum atomic E-state index is 12.2. The molecule has 118 valence electrons. The average molecular weight is 299 g/mol. The maximum Gasteiger partial charge on any atom is 0.317 e. The summed E-state index contributed by atoms with van der Waals surface area (Å²) in [7, 11) is 1.82. The highest BCUT2D eigenvalue weighted by Crippen LogP contribution is 2.09. The Hall–Kier alpha value is -2.23. The van der Waals surface area contributed by atoms with Crippen molar-refractivity contribution in [2.45, 2.75) is 39.9 Å². The molecule has 0 saturated heterocycles. The van der Waals surface area contributed by atoms with Gasteiger partial charge in [-0.15, -0.1) is 0 Å². The van der Waals surface area contributed by atoms with E-state index >= 15 is 0 Å². The normalized spacial score (nSPS) is 10.5. The molecular formula is C18H25N3O. The van der Waals surface area contributed by atoms with E-state index in [1.165, 1.54) is 11.1 Å². The van der Waals surface area contributed by atoms with E-state index in [1.54, 1.807) is 4.90 Å². The average Bonchev–Trinajstić information content (AvgIpc) is 3.00. The number of hydrogen-bond donors (Lipinski definition) is 1. The Balaban J connectivity index is 1.88. The van der Waals surface area contributed by atoms with Crippen LogP contribution in [0.3, 0.4) is 0 Å². The molecule has 4 heteroatoms. The van der Waals surface area contributed by atoms with Crippen LogP contribution in [-0.2, 0) is 26.1 Å². The third-order valence-electron chi connectivity index (χ3n) is 3.87. The Kier molecular flexibility index (Phi) is 5.64. The molecule has 0 radical (unpaired) electrons. The number of nitrogens with one attached hydrogen (secondary N) is 1. The molecule has 4 nitrogen and oxygen atoms in total. The summed E-state index contributed by atoms with van der Waals surface area (Å²) in [4.78, 5) is 13.9. The van der Waals surface area contributed by atoms with Crippen LogP contribution in [0.25, 0.3) is 0 Å². The standard InChI is InChI=1S/C18H25N3O/c1-4-16-8-6-7-9-17(16)12-19-18(22)20(3)13-15-10-11-21(5-2)14-15/h6-11,14H,4-5,12-13H2,1-3H3,(H,19,22). The molecule has 2 aromatic rings. The van der Waals surface area contributed by atoms with Gasteiger partial charge in [0.15, 0.2) is 0 Å². The maximum absolute atomic E-state index is 12.2. The van der Waals surface area contributed by atoms with Gasteiger partial charge in [-0.25, -0.2) is 4.79 Å². The number of nitrogens with zero attached hydrogens (tertiary/aromatic N) is 2. The lowest BCUT2D eigenvalue weighted by Gasteiger charge is -2.18. The van der Waals surface area contributed by atoms with Gasteiger partial charge in [-0.3, -0.25) is 0 Å². The first-order valence-electron chi connectivity index (χ1n) is 7.84. The number of hydrogen-bond acceptors (Lipinski definition) is 1. The molecule has 0 bridgehead atoms. The molecule has 0 spiro atoms. The van der Waals surface area contributed by atoms with Crippen LogP contribution in [0.2, 0.25) is 0 Å². The van der Waals surface area contributed by atoms with E-state index in [9.17, 15) is 4.79 Å². The van der Waals surface area contributed by atoms with Gasteiger partial charge in [0.2, 0.25) is 0 Å². The monoisotopic (exact) mass is 299 g/mol. The fourth-order valence-corrected chi connectivity index (χ4v) is 2.51. The van der Waals surface area contributed by atoms with Gasteiger partial charge in [0, 0.05) is 39.1 Å². The van der Waals surface area contributed by atoms with E-state index in [-0.39, 0.29) is 6.03 Å². The molecule has 0 saturated carbocycles. The lowest BCUT2D eigenvalue weighted by Crippen LogP contribution is -2.36. The fourth-order valence-electron chi connectivity index (χ4n) is 2.51. The zero-order chi connectivity index (χ0) is 15.9.